The number of rotatable bonds is 10. The largest absolute Gasteiger partial charge is 0.493 e. The number of nitrogens with one attached hydrogen (secondary N) is 1. The van der Waals surface area contributed by atoms with Crippen LogP contribution in [0, 0.1) is 0 Å². The first kappa shape index (κ1) is 16.0. The minimum Gasteiger partial charge on any atom is -0.493 e. The minimum atomic E-state index is 0.628. The molecule has 19 heavy (non-hydrogen) atoms. The fraction of sp³-hybridized carbons (Fsp3) is 0.647. The highest BCUT2D eigenvalue weighted by Crippen LogP contribution is 2.18. The lowest BCUT2D eigenvalue weighted by Crippen LogP contribution is -2.26. The summed E-state index contributed by atoms with van der Waals surface area (Å²) in [5.74, 6) is 1.06. The van der Waals surface area contributed by atoms with Crippen LogP contribution in [0.3, 0.4) is 0 Å². The maximum absolute atomic E-state index is 5.87. The van der Waals surface area contributed by atoms with Crippen molar-refractivity contribution in [3.8, 4) is 5.75 Å². The molecule has 2 nitrogen and oxygen atoms in total. The average molecular weight is 263 g/mol. The Kier molecular flexibility index (Phi) is 8.31. The summed E-state index contributed by atoms with van der Waals surface area (Å²) in [7, 11) is 0. The molecule has 0 saturated carbocycles. The third-order valence-electron chi connectivity index (χ3n) is 3.39. The fourth-order valence-electron chi connectivity index (χ4n) is 2.16. The Balaban J connectivity index is 2.13. The van der Waals surface area contributed by atoms with Gasteiger partial charge in [-0.05, 0) is 57.2 Å². The van der Waals surface area contributed by atoms with Gasteiger partial charge in [-0.25, -0.2) is 0 Å². The molecule has 1 aromatic rings. The predicted octanol–water partition coefficient (Wildman–Crippen LogP) is 4.19. The second kappa shape index (κ2) is 9.85. The van der Waals surface area contributed by atoms with E-state index >= 15 is 0 Å². The number of hydrogen-bond acceptors (Lipinski definition) is 2. The Labute approximate surface area is 118 Å². The molecule has 1 rings (SSSR count). The van der Waals surface area contributed by atoms with Gasteiger partial charge in [0.15, 0.2) is 0 Å². The second-order valence-electron chi connectivity index (χ2n) is 5.16. The van der Waals surface area contributed by atoms with Gasteiger partial charge in [0, 0.05) is 6.04 Å². The SMILES string of the molecule is CCCNC(C)CCCCOc1ccccc1CC. The highest BCUT2D eigenvalue weighted by molar-refractivity contribution is 5.33. The average Bonchev–Trinajstić information content (AvgIpc) is 2.45. The monoisotopic (exact) mass is 263 g/mol. The number of ether oxygens (including phenoxy) is 1. The van der Waals surface area contributed by atoms with E-state index in [1.165, 1.54) is 24.8 Å². The first-order valence-electron chi connectivity index (χ1n) is 7.72. The fourth-order valence-corrected chi connectivity index (χ4v) is 2.16. The molecular weight excluding hydrogens is 234 g/mol. The minimum absolute atomic E-state index is 0.628. The van der Waals surface area contributed by atoms with E-state index in [1.54, 1.807) is 0 Å². The molecular formula is C17H29NO. The van der Waals surface area contributed by atoms with Crippen molar-refractivity contribution in [3.63, 3.8) is 0 Å². The standard InChI is InChI=1S/C17H29NO/c1-4-13-18-15(3)10-8-9-14-19-17-12-7-6-11-16(17)5-2/h6-7,11-12,15,18H,4-5,8-10,13-14H2,1-3H3. The molecule has 1 atom stereocenters. The number of para-hydroxylation sites is 1. The summed E-state index contributed by atoms with van der Waals surface area (Å²) in [6, 6.07) is 8.97. The van der Waals surface area contributed by atoms with Crippen molar-refractivity contribution in [1.29, 1.82) is 0 Å². The zero-order valence-corrected chi connectivity index (χ0v) is 12.7. The molecule has 0 saturated heterocycles. The number of benzene rings is 1. The molecule has 2 heteroatoms. The van der Waals surface area contributed by atoms with Gasteiger partial charge in [-0.3, -0.25) is 0 Å². The first-order valence-corrected chi connectivity index (χ1v) is 7.72. The van der Waals surface area contributed by atoms with E-state index in [2.05, 4.69) is 44.3 Å². The first-order chi connectivity index (χ1) is 9.27. The molecule has 0 heterocycles. The topological polar surface area (TPSA) is 21.3 Å². The molecule has 0 bridgehead atoms. The zero-order chi connectivity index (χ0) is 13.9. The molecule has 0 aliphatic carbocycles. The van der Waals surface area contributed by atoms with Gasteiger partial charge in [-0.2, -0.15) is 0 Å². The third-order valence-corrected chi connectivity index (χ3v) is 3.39. The van der Waals surface area contributed by atoms with Crippen molar-refractivity contribution >= 4 is 0 Å². The van der Waals surface area contributed by atoms with Crippen LogP contribution in [0.4, 0.5) is 0 Å². The maximum Gasteiger partial charge on any atom is 0.122 e. The van der Waals surface area contributed by atoms with Crippen molar-refractivity contribution in [2.75, 3.05) is 13.2 Å². The van der Waals surface area contributed by atoms with Gasteiger partial charge in [0.1, 0.15) is 5.75 Å². The maximum atomic E-state index is 5.87. The summed E-state index contributed by atoms with van der Waals surface area (Å²) in [5, 5.41) is 3.52. The van der Waals surface area contributed by atoms with Gasteiger partial charge >= 0.3 is 0 Å². The summed E-state index contributed by atoms with van der Waals surface area (Å²) >= 11 is 0. The van der Waals surface area contributed by atoms with Crippen LogP contribution in [0.1, 0.15) is 52.0 Å². The lowest BCUT2D eigenvalue weighted by molar-refractivity contribution is 0.299. The van der Waals surface area contributed by atoms with Crippen molar-refractivity contribution in [2.24, 2.45) is 0 Å². The van der Waals surface area contributed by atoms with Gasteiger partial charge in [0.2, 0.25) is 0 Å². The van der Waals surface area contributed by atoms with Crippen LogP contribution in [0.2, 0.25) is 0 Å². The van der Waals surface area contributed by atoms with Gasteiger partial charge in [0.05, 0.1) is 6.61 Å². The molecule has 0 aromatic heterocycles. The van der Waals surface area contributed by atoms with Crippen LogP contribution < -0.4 is 10.1 Å². The highest BCUT2D eigenvalue weighted by Gasteiger charge is 2.02. The van der Waals surface area contributed by atoms with E-state index in [0.717, 1.165) is 31.7 Å². The number of unbranched alkanes of at least 4 members (excludes halogenated alkanes) is 1. The molecule has 0 fully saturated rings. The summed E-state index contributed by atoms with van der Waals surface area (Å²) in [5.41, 5.74) is 1.31. The van der Waals surface area contributed by atoms with Crippen LogP contribution in [0.15, 0.2) is 24.3 Å². The van der Waals surface area contributed by atoms with Gasteiger partial charge in [0.25, 0.3) is 0 Å². The molecule has 0 radical (unpaired) electrons. The lowest BCUT2D eigenvalue weighted by atomic mass is 10.1. The highest BCUT2D eigenvalue weighted by atomic mass is 16.5. The van der Waals surface area contributed by atoms with E-state index in [0.29, 0.717) is 6.04 Å². The van der Waals surface area contributed by atoms with Crippen LogP contribution in [-0.4, -0.2) is 19.2 Å². The normalized spacial score (nSPS) is 12.4. The Morgan fingerprint density at radius 2 is 1.95 bits per heavy atom. The van der Waals surface area contributed by atoms with Gasteiger partial charge in [-0.15, -0.1) is 0 Å². The van der Waals surface area contributed by atoms with E-state index in [9.17, 15) is 0 Å². The van der Waals surface area contributed by atoms with Crippen molar-refractivity contribution in [3.05, 3.63) is 29.8 Å². The van der Waals surface area contributed by atoms with Crippen LogP contribution >= 0.6 is 0 Å². The molecule has 0 aliphatic rings. The molecule has 1 unspecified atom stereocenters. The molecule has 0 amide bonds. The zero-order valence-electron chi connectivity index (χ0n) is 12.7. The smallest absolute Gasteiger partial charge is 0.122 e. The van der Waals surface area contributed by atoms with Crippen LogP contribution in [0.5, 0.6) is 5.75 Å². The van der Waals surface area contributed by atoms with E-state index in [-0.39, 0.29) is 0 Å². The molecule has 108 valence electrons. The predicted molar refractivity (Wildman–Crippen MR) is 82.9 cm³/mol. The van der Waals surface area contributed by atoms with Gasteiger partial charge < -0.3 is 10.1 Å². The van der Waals surface area contributed by atoms with Crippen LogP contribution in [-0.2, 0) is 6.42 Å². The number of hydrogen-bond donors (Lipinski definition) is 1. The summed E-state index contributed by atoms with van der Waals surface area (Å²) < 4.78 is 5.87. The van der Waals surface area contributed by atoms with Gasteiger partial charge in [-0.1, -0.05) is 32.0 Å². The van der Waals surface area contributed by atoms with E-state index in [4.69, 9.17) is 4.74 Å². The van der Waals surface area contributed by atoms with Crippen molar-refractivity contribution < 1.29 is 4.74 Å². The second-order valence-corrected chi connectivity index (χ2v) is 5.16. The lowest BCUT2D eigenvalue weighted by Gasteiger charge is -2.13. The van der Waals surface area contributed by atoms with E-state index < -0.39 is 0 Å². The molecule has 1 aromatic carbocycles. The molecule has 0 spiro atoms. The quantitative estimate of drug-likeness (QED) is 0.639. The van der Waals surface area contributed by atoms with Crippen LogP contribution in [0.25, 0.3) is 0 Å². The summed E-state index contributed by atoms with van der Waals surface area (Å²) in [6.07, 6.45) is 5.84. The number of aryl methyl sites for hydroxylation is 1. The van der Waals surface area contributed by atoms with Crippen molar-refractivity contribution in [1.82, 2.24) is 5.32 Å². The molecule has 1 N–H and O–H groups in total. The Bertz CT molecular complexity index is 338. The Morgan fingerprint density at radius 3 is 2.68 bits per heavy atom. The third kappa shape index (κ3) is 6.63. The summed E-state index contributed by atoms with van der Waals surface area (Å²) in [4.78, 5) is 0. The Morgan fingerprint density at radius 1 is 1.16 bits per heavy atom. The Hall–Kier alpha value is -1.02. The van der Waals surface area contributed by atoms with E-state index in [1.807, 2.05) is 6.07 Å². The molecule has 0 aliphatic heterocycles. The van der Waals surface area contributed by atoms with Crippen molar-refractivity contribution in [2.45, 2.75) is 58.9 Å². The summed E-state index contributed by atoms with van der Waals surface area (Å²) in [6.45, 7) is 8.60.